The first kappa shape index (κ1) is 15.1. The van der Waals surface area contributed by atoms with Gasteiger partial charge in [0.1, 0.15) is 5.69 Å². The highest BCUT2D eigenvalue weighted by atomic mass is 16.2. The molecular weight excluding hydrogens is 264 g/mol. The lowest BCUT2D eigenvalue weighted by Crippen LogP contribution is -2.21. The zero-order valence-electron chi connectivity index (χ0n) is 13.1. The summed E-state index contributed by atoms with van der Waals surface area (Å²) in [6, 6.07) is 9.68. The molecule has 1 aromatic carbocycles. The fraction of sp³-hybridized carbons (Fsp3) is 0.375. The van der Waals surface area contributed by atoms with Gasteiger partial charge in [0, 0.05) is 31.5 Å². The number of aromatic nitrogens is 2. The second-order valence-electron chi connectivity index (χ2n) is 4.97. The first-order chi connectivity index (χ1) is 10.0. The Morgan fingerprint density at radius 2 is 1.86 bits per heavy atom. The Balaban J connectivity index is 2.10. The van der Waals surface area contributed by atoms with E-state index in [0.29, 0.717) is 5.69 Å². The monoisotopic (exact) mass is 286 g/mol. The van der Waals surface area contributed by atoms with Gasteiger partial charge in [0.25, 0.3) is 5.91 Å². The number of hydrogen-bond donors (Lipinski definition) is 1. The molecule has 0 saturated heterocycles. The van der Waals surface area contributed by atoms with Crippen molar-refractivity contribution in [3.8, 4) is 0 Å². The van der Waals surface area contributed by atoms with Crippen LogP contribution in [0.25, 0.3) is 0 Å². The summed E-state index contributed by atoms with van der Waals surface area (Å²) in [5.41, 5.74) is 3.34. The Morgan fingerprint density at radius 3 is 2.33 bits per heavy atom. The van der Waals surface area contributed by atoms with Gasteiger partial charge >= 0.3 is 0 Å². The second-order valence-corrected chi connectivity index (χ2v) is 4.97. The average molecular weight is 286 g/mol. The topological polar surface area (TPSA) is 50.2 Å². The van der Waals surface area contributed by atoms with Gasteiger partial charge in [-0.15, -0.1) is 0 Å². The van der Waals surface area contributed by atoms with Crippen molar-refractivity contribution in [3.05, 3.63) is 41.7 Å². The normalized spacial score (nSPS) is 10.5. The molecule has 0 fully saturated rings. The third kappa shape index (κ3) is 3.42. The van der Waals surface area contributed by atoms with Gasteiger partial charge in [0.2, 0.25) is 0 Å². The van der Waals surface area contributed by atoms with Crippen LogP contribution in [0.15, 0.2) is 30.3 Å². The van der Waals surface area contributed by atoms with Crippen LogP contribution in [0.1, 0.15) is 30.0 Å². The number of hydrogen-bond acceptors (Lipinski definition) is 3. The first-order valence-corrected chi connectivity index (χ1v) is 7.22. The van der Waals surface area contributed by atoms with E-state index in [9.17, 15) is 4.79 Å². The number of carbonyl (C=O) groups excluding carboxylic acids is 1. The molecule has 2 rings (SSSR count). The predicted octanol–water partition coefficient (Wildman–Crippen LogP) is 2.83. The standard InChI is InChI=1S/C16H22N4O/c1-5-20(6-2)14-9-7-13(8-10-14)17-16(21)15-11-12(3)18-19(15)4/h7-11H,5-6H2,1-4H3,(H,17,21). The Hall–Kier alpha value is -2.30. The molecule has 0 atom stereocenters. The molecule has 21 heavy (non-hydrogen) atoms. The summed E-state index contributed by atoms with van der Waals surface area (Å²) < 4.78 is 1.59. The summed E-state index contributed by atoms with van der Waals surface area (Å²) >= 11 is 0. The molecule has 2 aromatic rings. The van der Waals surface area contributed by atoms with Gasteiger partial charge in [-0.25, -0.2) is 0 Å². The van der Waals surface area contributed by atoms with Crippen LogP contribution in [0, 0.1) is 6.92 Å². The van der Waals surface area contributed by atoms with Crippen LogP contribution >= 0.6 is 0 Å². The van der Waals surface area contributed by atoms with Crippen molar-refractivity contribution in [2.24, 2.45) is 7.05 Å². The van der Waals surface area contributed by atoms with Gasteiger partial charge < -0.3 is 10.2 Å². The highest BCUT2D eigenvalue weighted by Crippen LogP contribution is 2.18. The molecule has 1 heterocycles. The molecule has 0 radical (unpaired) electrons. The summed E-state index contributed by atoms with van der Waals surface area (Å²) in [5.74, 6) is -0.145. The van der Waals surface area contributed by atoms with E-state index in [1.165, 1.54) is 0 Å². The molecule has 0 aliphatic heterocycles. The molecule has 1 aromatic heterocycles. The van der Waals surface area contributed by atoms with Crippen LogP contribution in [-0.2, 0) is 7.05 Å². The minimum Gasteiger partial charge on any atom is -0.372 e. The number of benzene rings is 1. The summed E-state index contributed by atoms with van der Waals surface area (Å²) in [5, 5.41) is 7.08. The molecular formula is C16H22N4O. The van der Waals surface area contributed by atoms with E-state index in [1.54, 1.807) is 17.8 Å². The zero-order chi connectivity index (χ0) is 15.4. The van der Waals surface area contributed by atoms with Crippen molar-refractivity contribution in [2.75, 3.05) is 23.3 Å². The van der Waals surface area contributed by atoms with Gasteiger partial charge in [-0.2, -0.15) is 5.10 Å². The van der Waals surface area contributed by atoms with Crippen LogP contribution in [0.5, 0.6) is 0 Å². The second kappa shape index (κ2) is 6.43. The molecule has 1 N–H and O–H groups in total. The lowest BCUT2D eigenvalue weighted by molar-refractivity contribution is 0.101. The van der Waals surface area contributed by atoms with Crippen molar-refractivity contribution in [2.45, 2.75) is 20.8 Å². The van der Waals surface area contributed by atoms with Crippen LogP contribution in [0.2, 0.25) is 0 Å². The van der Waals surface area contributed by atoms with Gasteiger partial charge in [-0.1, -0.05) is 0 Å². The van der Waals surface area contributed by atoms with Gasteiger partial charge in [-0.05, 0) is 51.1 Å². The van der Waals surface area contributed by atoms with E-state index in [2.05, 4.69) is 29.2 Å². The molecule has 1 amide bonds. The fourth-order valence-corrected chi connectivity index (χ4v) is 2.36. The Labute approximate surface area is 125 Å². The predicted molar refractivity (Wildman–Crippen MR) is 85.9 cm³/mol. The van der Waals surface area contributed by atoms with E-state index in [-0.39, 0.29) is 5.91 Å². The number of carbonyl (C=O) groups is 1. The molecule has 0 spiro atoms. The van der Waals surface area contributed by atoms with E-state index < -0.39 is 0 Å². The summed E-state index contributed by atoms with van der Waals surface area (Å²) in [7, 11) is 1.77. The van der Waals surface area contributed by atoms with Crippen LogP contribution in [-0.4, -0.2) is 28.8 Å². The van der Waals surface area contributed by atoms with Gasteiger partial charge in [0.05, 0.1) is 5.69 Å². The molecule has 0 aliphatic carbocycles. The molecule has 5 heteroatoms. The minimum absolute atomic E-state index is 0.145. The maximum atomic E-state index is 12.2. The number of rotatable bonds is 5. The smallest absolute Gasteiger partial charge is 0.273 e. The molecule has 0 bridgehead atoms. The number of nitrogens with one attached hydrogen (secondary N) is 1. The SMILES string of the molecule is CCN(CC)c1ccc(NC(=O)c2cc(C)nn2C)cc1. The summed E-state index contributed by atoms with van der Waals surface area (Å²) in [6.45, 7) is 8.07. The minimum atomic E-state index is -0.145. The molecule has 0 aliphatic rings. The number of anilines is 2. The van der Waals surface area contributed by atoms with Crippen molar-refractivity contribution < 1.29 is 4.79 Å². The van der Waals surface area contributed by atoms with Crippen molar-refractivity contribution in [1.82, 2.24) is 9.78 Å². The Bertz CT molecular complexity index is 612. The first-order valence-electron chi connectivity index (χ1n) is 7.22. The summed E-state index contributed by atoms with van der Waals surface area (Å²) in [6.07, 6.45) is 0. The third-order valence-electron chi connectivity index (χ3n) is 3.49. The van der Waals surface area contributed by atoms with Crippen LogP contribution < -0.4 is 10.2 Å². The van der Waals surface area contributed by atoms with Crippen molar-refractivity contribution >= 4 is 17.3 Å². The number of aryl methyl sites for hydroxylation is 2. The van der Waals surface area contributed by atoms with Crippen molar-refractivity contribution in [3.63, 3.8) is 0 Å². The maximum absolute atomic E-state index is 12.2. The highest BCUT2D eigenvalue weighted by molar-refractivity contribution is 6.03. The van der Waals surface area contributed by atoms with Crippen molar-refractivity contribution in [1.29, 1.82) is 0 Å². The third-order valence-corrected chi connectivity index (χ3v) is 3.49. The van der Waals surface area contributed by atoms with E-state index in [0.717, 1.165) is 30.2 Å². The fourth-order valence-electron chi connectivity index (χ4n) is 2.36. The molecule has 0 unspecified atom stereocenters. The Kier molecular flexibility index (Phi) is 4.62. The lowest BCUT2D eigenvalue weighted by atomic mass is 10.2. The number of nitrogens with zero attached hydrogens (tertiary/aromatic N) is 3. The van der Waals surface area contributed by atoms with Crippen LogP contribution in [0.3, 0.4) is 0 Å². The molecule has 112 valence electrons. The number of amides is 1. The van der Waals surface area contributed by atoms with E-state index in [1.807, 2.05) is 31.2 Å². The quantitative estimate of drug-likeness (QED) is 0.919. The summed E-state index contributed by atoms with van der Waals surface area (Å²) in [4.78, 5) is 14.5. The largest absolute Gasteiger partial charge is 0.372 e. The lowest BCUT2D eigenvalue weighted by Gasteiger charge is -2.21. The highest BCUT2D eigenvalue weighted by Gasteiger charge is 2.12. The van der Waals surface area contributed by atoms with E-state index in [4.69, 9.17) is 0 Å². The van der Waals surface area contributed by atoms with Crippen LogP contribution in [0.4, 0.5) is 11.4 Å². The molecule has 0 saturated carbocycles. The van der Waals surface area contributed by atoms with E-state index >= 15 is 0 Å². The zero-order valence-corrected chi connectivity index (χ0v) is 13.1. The Morgan fingerprint density at radius 1 is 1.24 bits per heavy atom. The maximum Gasteiger partial charge on any atom is 0.273 e. The average Bonchev–Trinajstić information content (AvgIpc) is 2.81. The van der Waals surface area contributed by atoms with Gasteiger partial charge in [-0.3, -0.25) is 9.48 Å². The van der Waals surface area contributed by atoms with Gasteiger partial charge in [0.15, 0.2) is 0 Å². The molecule has 5 nitrogen and oxygen atoms in total.